The molecule has 0 saturated carbocycles. The normalized spacial score (nSPS) is 11.4. The minimum absolute atomic E-state index is 0.244. The molecule has 2 rings (SSSR count). The number of hydrogen-bond acceptors (Lipinski definition) is 3. The molecule has 2 aromatic rings. The Morgan fingerprint density at radius 1 is 1.25 bits per heavy atom. The van der Waals surface area contributed by atoms with Crippen LogP contribution in [0.2, 0.25) is 0 Å². The second-order valence-corrected chi connectivity index (χ2v) is 5.07. The molecule has 0 aromatic heterocycles. The monoisotopic (exact) mass is 290 g/mol. The van der Waals surface area contributed by atoms with E-state index < -0.39 is 0 Å². The van der Waals surface area contributed by atoms with Crippen LogP contribution in [-0.4, -0.2) is 12.3 Å². The first-order valence-electron chi connectivity index (χ1n) is 6.03. The van der Waals surface area contributed by atoms with E-state index in [2.05, 4.69) is 4.99 Å². The third kappa shape index (κ3) is 4.28. The minimum atomic E-state index is -0.244. The first-order valence-corrected chi connectivity index (χ1v) is 7.01. The van der Waals surface area contributed by atoms with Crippen LogP contribution in [0.3, 0.4) is 0 Å². The van der Waals surface area contributed by atoms with Crippen molar-refractivity contribution in [2.75, 3.05) is 7.11 Å². The highest BCUT2D eigenvalue weighted by atomic mass is 32.2. The number of amidine groups is 1. The highest BCUT2D eigenvalue weighted by Crippen LogP contribution is 2.21. The second-order valence-electron chi connectivity index (χ2n) is 4.07. The van der Waals surface area contributed by atoms with Gasteiger partial charge in [-0.05, 0) is 29.8 Å². The molecule has 104 valence electrons. The molecule has 0 fully saturated rings. The van der Waals surface area contributed by atoms with Gasteiger partial charge in [-0.25, -0.2) is 9.38 Å². The lowest BCUT2D eigenvalue weighted by Crippen LogP contribution is -2.06. The van der Waals surface area contributed by atoms with Crippen molar-refractivity contribution in [1.82, 2.24) is 0 Å². The molecule has 0 aliphatic rings. The van der Waals surface area contributed by atoms with Crippen LogP contribution in [0.1, 0.15) is 5.56 Å². The van der Waals surface area contributed by atoms with Crippen LogP contribution < -0.4 is 10.5 Å². The van der Waals surface area contributed by atoms with Gasteiger partial charge in [0, 0.05) is 11.8 Å². The van der Waals surface area contributed by atoms with Gasteiger partial charge < -0.3 is 10.5 Å². The van der Waals surface area contributed by atoms with Crippen molar-refractivity contribution in [3.63, 3.8) is 0 Å². The summed E-state index contributed by atoms with van der Waals surface area (Å²) in [7, 11) is 1.60. The quantitative estimate of drug-likeness (QED) is 0.689. The maximum Gasteiger partial charge on any atom is 0.159 e. The Balaban J connectivity index is 2.00. The summed E-state index contributed by atoms with van der Waals surface area (Å²) >= 11 is 1.37. The van der Waals surface area contributed by atoms with E-state index in [9.17, 15) is 4.39 Å². The molecule has 20 heavy (non-hydrogen) atoms. The molecule has 0 aliphatic carbocycles. The first kappa shape index (κ1) is 14.4. The van der Waals surface area contributed by atoms with E-state index in [1.807, 2.05) is 24.3 Å². The van der Waals surface area contributed by atoms with E-state index >= 15 is 0 Å². The number of aliphatic imine (C=N–C) groups is 1. The van der Waals surface area contributed by atoms with Gasteiger partial charge in [-0.15, -0.1) is 0 Å². The van der Waals surface area contributed by atoms with Gasteiger partial charge >= 0.3 is 0 Å². The Morgan fingerprint density at radius 3 is 2.80 bits per heavy atom. The Hall–Kier alpha value is -2.01. The largest absolute Gasteiger partial charge is 0.497 e. The second kappa shape index (κ2) is 6.96. The van der Waals surface area contributed by atoms with Gasteiger partial charge in [0.2, 0.25) is 0 Å². The molecule has 0 heterocycles. The SMILES string of the molecule is COc1cccc(N=C(N)SCc2cccc(F)c2)c1. The number of ether oxygens (including phenoxy) is 1. The predicted octanol–water partition coefficient (Wildman–Crippen LogP) is 3.71. The number of hydrogen-bond donors (Lipinski definition) is 1. The van der Waals surface area contributed by atoms with Crippen molar-refractivity contribution >= 4 is 22.6 Å². The number of methoxy groups -OCH3 is 1. The fraction of sp³-hybridized carbons (Fsp3) is 0.133. The molecular weight excluding hydrogens is 275 g/mol. The summed E-state index contributed by atoms with van der Waals surface area (Å²) in [6, 6.07) is 13.8. The van der Waals surface area contributed by atoms with Crippen LogP contribution in [0.5, 0.6) is 5.75 Å². The Morgan fingerprint density at radius 2 is 2.05 bits per heavy atom. The number of nitrogens with zero attached hydrogens (tertiary/aromatic N) is 1. The summed E-state index contributed by atoms with van der Waals surface area (Å²) in [6.45, 7) is 0. The molecule has 0 saturated heterocycles. The van der Waals surface area contributed by atoms with E-state index in [0.29, 0.717) is 10.9 Å². The van der Waals surface area contributed by atoms with Crippen LogP contribution in [0.15, 0.2) is 53.5 Å². The van der Waals surface area contributed by atoms with E-state index in [4.69, 9.17) is 10.5 Å². The van der Waals surface area contributed by atoms with Crippen molar-refractivity contribution in [3.8, 4) is 5.75 Å². The van der Waals surface area contributed by atoms with Gasteiger partial charge in [-0.2, -0.15) is 0 Å². The molecule has 3 nitrogen and oxygen atoms in total. The van der Waals surface area contributed by atoms with E-state index in [0.717, 1.165) is 17.0 Å². The van der Waals surface area contributed by atoms with Crippen LogP contribution in [0.4, 0.5) is 10.1 Å². The molecular formula is C15H15FN2OS. The lowest BCUT2D eigenvalue weighted by molar-refractivity contribution is 0.415. The third-order valence-corrected chi connectivity index (χ3v) is 3.43. The fourth-order valence-corrected chi connectivity index (χ4v) is 2.29. The maximum absolute atomic E-state index is 13.0. The molecule has 0 atom stereocenters. The molecule has 0 aliphatic heterocycles. The smallest absolute Gasteiger partial charge is 0.159 e. The van der Waals surface area contributed by atoms with Gasteiger partial charge in [-0.3, -0.25) is 0 Å². The zero-order chi connectivity index (χ0) is 14.4. The number of nitrogens with two attached hydrogens (primary N) is 1. The van der Waals surface area contributed by atoms with Gasteiger partial charge in [0.1, 0.15) is 11.6 Å². The molecule has 0 radical (unpaired) electrons. The third-order valence-electron chi connectivity index (χ3n) is 2.57. The number of rotatable bonds is 4. The van der Waals surface area contributed by atoms with Crippen LogP contribution in [0.25, 0.3) is 0 Å². The molecule has 0 spiro atoms. The Labute approximate surface area is 121 Å². The lowest BCUT2D eigenvalue weighted by atomic mass is 10.2. The Kier molecular flexibility index (Phi) is 5.01. The fourth-order valence-electron chi connectivity index (χ4n) is 1.62. The topological polar surface area (TPSA) is 47.6 Å². The number of benzene rings is 2. The standard InChI is InChI=1S/C15H15FN2OS/c1-19-14-7-3-6-13(9-14)18-15(17)20-10-11-4-2-5-12(16)8-11/h2-9H,10H2,1H3,(H2,17,18). The van der Waals surface area contributed by atoms with E-state index in [1.54, 1.807) is 19.2 Å². The summed E-state index contributed by atoms with van der Waals surface area (Å²) in [6.07, 6.45) is 0. The van der Waals surface area contributed by atoms with E-state index in [1.165, 1.54) is 23.9 Å². The molecule has 0 bridgehead atoms. The van der Waals surface area contributed by atoms with Crippen molar-refractivity contribution in [3.05, 3.63) is 59.9 Å². The number of halogens is 1. The molecule has 2 N–H and O–H groups in total. The zero-order valence-electron chi connectivity index (χ0n) is 11.0. The van der Waals surface area contributed by atoms with Gasteiger partial charge in [0.15, 0.2) is 5.17 Å². The summed E-state index contributed by atoms with van der Waals surface area (Å²) < 4.78 is 18.2. The molecule has 0 unspecified atom stereocenters. The van der Waals surface area contributed by atoms with Crippen LogP contribution >= 0.6 is 11.8 Å². The minimum Gasteiger partial charge on any atom is -0.497 e. The average Bonchev–Trinajstić information content (AvgIpc) is 2.45. The maximum atomic E-state index is 13.0. The Bertz CT molecular complexity index is 616. The first-order chi connectivity index (χ1) is 9.67. The van der Waals surface area contributed by atoms with Crippen molar-refractivity contribution in [2.45, 2.75) is 5.75 Å². The summed E-state index contributed by atoms with van der Waals surface area (Å²) in [5.41, 5.74) is 7.47. The predicted molar refractivity (Wildman–Crippen MR) is 82.0 cm³/mol. The van der Waals surface area contributed by atoms with E-state index in [-0.39, 0.29) is 5.82 Å². The van der Waals surface area contributed by atoms with Crippen LogP contribution in [-0.2, 0) is 5.75 Å². The van der Waals surface area contributed by atoms with Gasteiger partial charge in [0.05, 0.1) is 12.8 Å². The summed E-state index contributed by atoms with van der Waals surface area (Å²) in [5.74, 6) is 1.07. The molecule has 0 amide bonds. The van der Waals surface area contributed by atoms with Crippen molar-refractivity contribution in [2.24, 2.45) is 10.7 Å². The molecule has 5 heteroatoms. The van der Waals surface area contributed by atoms with Gasteiger partial charge in [0.25, 0.3) is 0 Å². The average molecular weight is 290 g/mol. The van der Waals surface area contributed by atoms with Crippen molar-refractivity contribution in [1.29, 1.82) is 0 Å². The highest BCUT2D eigenvalue weighted by molar-refractivity contribution is 8.13. The zero-order valence-corrected chi connectivity index (χ0v) is 11.9. The van der Waals surface area contributed by atoms with Crippen molar-refractivity contribution < 1.29 is 9.13 Å². The summed E-state index contributed by atoms with van der Waals surface area (Å²) in [5, 5.41) is 0.433. The van der Waals surface area contributed by atoms with Gasteiger partial charge in [-0.1, -0.05) is 30.0 Å². The highest BCUT2D eigenvalue weighted by Gasteiger charge is 2.00. The molecule has 2 aromatic carbocycles. The number of thioether (sulfide) groups is 1. The lowest BCUT2D eigenvalue weighted by Gasteiger charge is -2.03. The summed E-state index contributed by atoms with van der Waals surface area (Å²) in [4.78, 5) is 4.29. The van der Waals surface area contributed by atoms with Crippen LogP contribution in [0, 0.1) is 5.82 Å².